The molecule has 0 saturated carbocycles. The maximum absolute atomic E-state index is 10.8. The van der Waals surface area contributed by atoms with Crippen LogP contribution < -0.4 is 0 Å². The second kappa shape index (κ2) is 5.62. The van der Waals surface area contributed by atoms with E-state index in [1.54, 1.807) is 30.3 Å². The lowest BCUT2D eigenvalue weighted by Gasteiger charge is -2.18. The Morgan fingerprint density at radius 1 is 1.24 bits per heavy atom. The van der Waals surface area contributed by atoms with Crippen LogP contribution in [-0.4, -0.2) is 11.0 Å². The molecule has 0 spiro atoms. The summed E-state index contributed by atoms with van der Waals surface area (Å²) < 4.78 is 0. The van der Waals surface area contributed by atoms with Crippen molar-refractivity contribution in [2.45, 2.75) is 18.9 Å². The fourth-order valence-electron chi connectivity index (χ4n) is 1.75. The number of hydrogen-bond acceptors (Lipinski definition) is 4. The van der Waals surface area contributed by atoms with E-state index in [2.05, 4.69) is 0 Å². The lowest BCUT2D eigenvalue weighted by Crippen LogP contribution is -2.29. The van der Waals surface area contributed by atoms with Crippen LogP contribution in [0.3, 0.4) is 0 Å². The Morgan fingerprint density at radius 3 is 2.18 bits per heavy atom. The highest BCUT2D eigenvalue weighted by atomic mass is 16.6. The Balaban J connectivity index is 3.17. The molecule has 5 heteroatoms. The highest BCUT2D eigenvalue weighted by Gasteiger charge is 2.35. The molecule has 0 aliphatic rings. The Morgan fingerprint density at radius 2 is 1.76 bits per heavy atom. The summed E-state index contributed by atoms with van der Waals surface area (Å²) in [5.41, 5.74) is 0.643. The van der Waals surface area contributed by atoms with Gasteiger partial charge in [-0.05, 0) is 5.56 Å². The Kier molecular flexibility index (Phi) is 4.19. The van der Waals surface area contributed by atoms with Gasteiger partial charge in [-0.15, -0.1) is 0 Å². The first kappa shape index (κ1) is 12.7. The molecule has 0 radical (unpaired) electrons. The zero-order chi connectivity index (χ0) is 12.8. The van der Waals surface area contributed by atoms with Crippen LogP contribution in [0.2, 0.25) is 0 Å². The van der Waals surface area contributed by atoms with Gasteiger partial charge in [0, 0.05) is 11.8 Å². The minimum Gasteiger partial charge on any atom is -0.264 e. The van der Waals surface area contributed by atoms with Crippen molar-refractivity contribution in [2.24, 2.45) is 5.92 Å². The molecular weight excluding hydrogens is 218 g/mol. The summed E-state index contributed by atoms with van der Waals surface area (Å²) in [5, 5.41) is 28.6. The van der Waals surface area contributed by atoms with Gasteiger partial charge in [-0.2, -0.15) is 10.5 Å². The topological polar surface area (TPSA) is 90.7 Å². The third kappa shape index (κ3) is 2.79. The second-order valence-corrected chi connectivity index (χ2v) is 3.70. The van der Waals surface area contributed by atoms with Crippen LogP contribution in [0.25, 0.3) is 0 Å². The fourth-order valence-corrected chi connectivity index (χ4v) is 1.75. The maximum Gasteiger partial charge on any atom is 0.219 e. The lowest BCUT2D eigenvalue weighted by molar-refractivity contribution is -0.523. The molecule has 2 atom stereocenters. The summed E-state index contributed by atoms with van der Waals surface area (Å²) in [6.45, 7) is 1.42. The van der Waals surface area contributed by atoms with Crippen LogP contribution in [0.1, 0.15) is 18.4 Å². The average Bonchev–Trinajstić information content (AvgIpc) is 2.36. The molecule has 1 aromatic carbocycles. The second-order valence-electron chi connectivity index (χ2n) is 3.70. The molecule has 86 valence electrons. The molecule has 2 unspecified atom stereocenters. The van der Waals surface area contributed by atoms with Gasteiger partial charge < -0.3 is 0 Å². The van der Waals surface area contributed by atoms with E-state index in [-0.39, 0.29) is 0 Å². The van der Waals surface area contributed by atoms with Gasteiger partial charge in [0.15, 0.2) is 0 Å². The van der Waals surface area contributed by atoms with Gasteiger partial charge in [0.1, 0.15) is 5.92 Å². The van der Waals surface area contributed by atoms with Gasteiger partial charge in [0.25, 0.3) is 0 Å². The number of nitriles is 2. The van der Waals surface area contributed by atoms with Crippen LogP contribution in [0.4, 0.5) is 0 Å². The highest BCUT2D eigenvalue weighted by molar-refractivity contribution is 5.26. The monoisotopic (exact) mass is 229 g/mol. The van der Waals surface area contributed by atoms with E-state index < -0.39 is 22.8 Å². The zero-order valence-corrected chi connectivity index (χ0v) is 9.28. The van der Waals surface area contributed by atoms with Crippen molar-refractivity contribution in [3.63, 3.8) is 0 Å². The number of benzene rings is 1. The van der Waals surface area contributed by atoms with E-state index in [0.717, 1.165) is 0 Å². The maximum atomic E-state index is 10.8. The molecule has 0 amide bonds. The molecule has 1 rings (SSSR count). The van der Waals surface area contributed by atoms with Gasteiger partial charge in [-0.3, -0.25) is 10.1 Å². The third-order valence-electron chi connectivity index (χ3n) is 2.67. The zero-order valence-electron chi connectivity index (χ0n) is 9.28. The molecule has 1 aromatic rings. The minimum absolute atomic E-state index is 0.459. The first-order valence-corrected chi connectivity index (χ1v) is 5.09. The van der Waals surface area contributed by atoms with Gasteiger partial charge in [0.2, 0.25) is 6.04 Å². The van der Waals surface area contributed by atoms with Crippen LogP contribution in [-0.2, 0) is 0 Å². The normalized spacial score (nSPS) is 13.4. The molecule has 0 saturated heterocycles. The van der Waals surface area contributed by atoms with Gasteiger partial charge >= 0.3 is 0 Å². The molecule has 0 heterocycles. The summed E-state index contributed by atoms with van der Waals surface area (Å²) in [6, 6.07) is 11.3. The molecule has 0 aliphatic carbocycles. The van der Waals surface area contributed by atoms with Crippen molar-refractivity contribution >= 4 is 0 Å². The van der Waals surface area contributed by atoms with Crippen LogP contribution in [0.5, 0.6) is 0 Å². The molecular formula is C12H11N3O2. The Hall–Kier alpha value is -2.40. The molecule has 0 bridgehead atoms. The summed E-state index contributed by atoms with van der Waals surface area (Å²) in [7, 11) is 0. The molecule has 17 heavy (non-hydrogen) atoms. The van der Waals surface area contributed by atoms with Gasteiger partial charge in [-0.25, -0.2) is 0 Å². The van der Waals surface area contributed by atoms with E-state index in [1.165, 1.54) is 6.92 Å². The smallest absolute Gasteiger partial charge is 0.219 e. The molecule has 0 aliphatic heterocycles. The van der Waals surface area contributed by atoms with E-state index >= 15 is 0 Å². The van der Waals surface area contributed by atoms with E-state index in [0.29, 0.717) is 5.56 Å². The highest BCUT2D eigenvalue weighted by Crippen LogP contribution is 2.29. The van der Waals surface area contributed by atoms with Crippen molar-refractivity contribution in [3.8, 4) is 12.1 Å². The average molecular weight is 229 g/mol. The predicted octanol–water partition coefficient (Wildman–Crippen LogP) is 2.10. The SMILES string of the molecule is CC(C(c1ccccc1)C(C#N)C#N)[N+](=O)[O-]. The molecule has 0 fully saturated rings. The van der Waals surface area contributed by atoms with Crippen molar-refractivity contribution in [1.82, 2.24) is 0 Å². The molecule has 0 N–H and O–H groups in total. The number of nitrogens with zero attached hydrogens (tertiary/aromatic N) is 3. The van der Waals surface area contributed by atoms with Crippen molar-refractivity contribution in [1.29, 1.82) is 10.5 Å². The third-order valence-corrected chi connectivity index (χ3v) is 2.67. The van der Waals surface area contributed by atoms with Crippen molar-refractivity contribution in [3.05, 3.63) is 46.0 Å². The summed E-state index contributed by atoms with van der Waals surface area (Å²) in [5.74, 6) is -1.72. The predicted molar refractivity (Wildman–Crippen MR) is 60.4 cm³/mol. The Labute approximate surface area is 99.1 Å². The largest absolute Gasteiger partial charge is 0.264 e. The van der Waals surface area contributed by atoms with Gasteiger partial charge in [0.05, 0.1) is 18.1 Å². The van der Waals surface area contributed by atoms with Crippen LogP contribution >= 0.6 is 0 Å². The first-order valence-electron chi connectivity index (χ1n) is 5.09. The number of hydrogen-bond donors (Lipinski definition) is 0. The Bertz CT molecular complexity index is 459. The summed E-state index contributed by atoms with van der Waals surface area (Å²) in [4.78, 5) is 10.4. The fraction of sp³-hybridized carbons (Fsp3) is 0.333. The molecule has 5 nitrogen and oxygen atoms in total. The van der Waals surface area contributed by atoms with E-state index in [1.807, 2.05) is 12.1 Å². The van der Waals surface area contributed by atoms with Gasteiger partial charge in [-0.1, -0.05) is 30.3 Å². The number of nitro groups is 1. The van der Waals surface area contributed by atoms with E-state index in [9.17, 15) is 10.1 Å². The minimum atomic E-state index is -1.02. The lowest BCUT2D eigenvalue weighted by atomic mass is 9.83. The van der Waals surface area contributed by atoms with Crippen molar-refractivity contribution in [2.75, 3.05) is 0 Å². The van der Waals surface area contributed by atoms with E-state index in [4.69, 9.17) is 10.5 Å². The number of rotatable bonds is 4. The molecule has 0 aromatic heterocycles. The standard InChI is InChI=1S/C12H11N3O2/c1-9(15(16)17)12(11(7-13)8-14)10-5-3-2-4-6-10/h2-6,9,11-12H,1H3. The van der Waals surface area contributed by atoms with Crippen LogP contribution in [0.15, 0.2) is 30.3 Å². The van der Waals surface area contributed by atoms with Crippen LogP contribution in [0, 0.1) is 38.7 Å². The first-order chi connectivity index (χ1) is 8.11. The summed E-state index contributed by atoms with van der Waals surface area (Å²) >= 11 is 0. The quantitative estimate of drug-likeness (QED) is 0.583. The van der Waals surface area contributed by atoms with Crippen molar-refractivity contribution < 1.29 is 4.92 Å². The summed E-state index contributed by atoms with van der Waals surface area (Å²) in [6.07, 6.45) is 0.